The second-order valence-electron chi connectivity index (χ2n) is 5.47. The van der Waals surface area contributed by atoms with Crippen LogP contribution in [0, 0.1) is 11.8 Å². The number of fused-ring (bicyclic) bond motifs is 1. The first kappa shape index (κ1) is 14.6. The first-order valence-electron chi connectivity index (χ1n) is 7.59. The number of aromatic amines is 1. The molecule has 0 bridgehead atoms. The second kappa shape index (κ2) is 6.23. The molecule has 2 aromatic heterocycles. The standard InChI is InChI=1S/C21H13ClN2/c22-19-6-3-16(4-7-19)18-5-9-20(24-14-18)8-1-15-2-10-21-17(13-15)11-12-23-21/h2-7,9-14,23H. The van der Waals surface area contributed by atoms with E-state index in [1.165, 1.54) is 0 Å². The third-order valence-electron chi connectivity index (χ3n) is 3.83. The lowest BCUT2D eigenvalue weighted by Crippen LogP contribution is -1.84. The van der Waals surface area contributed by atoms with E-state index in [4.69, 9.17) is 11.6 Å². The van der Waals surface area contributed by atoms with Crippen LogP contribution < -0.4 is 0 Å². The van der Waals surface area contributed by atoms with Crippen LogP contribution in [0.2, 0.25) is 5.02 Å². The molecule has 0 radical (unpaired) electrons. The lowest BCUT2D eigenvalue weighted by atomic mass is 10.1. The van der Waals surface area contributed by atoms with Crippen LogP contribution in [-0.4, -0.2) is 9.97 Å². The van der Waals surface area contributed by atoms with Crippen molar-refractivity contribution in [3.8, 4) is 23.0 Å². The lowest BCUT2D eigenvalue weighted by molar-refractivity contribution is 1.29. The highest BCUT2D eigenvalue weighted by Crippen LogP contribution is 2.20. The normalized spacial score (nSPS) is 10.4. The van der Waals surface area contributed by atoms with Gasteiger partial charge in [0.25, 0.3) is 0 Å². The van der Waals surface area contributed by atoms with E-state index < -0.39 is 0 Å². The molecule has 4 aromatic rings. The summed E-state index contributed by atoms with van der Waals surface area (Å²) >= 11 is 5.92. The van der Waals surface area contributed by atoms with Crippen LogP contribution >= 0.6 is 11.6 Å². The molecule has 2 heterocycles. The van der Waals surface area contributed by atoms with Crippen LogP contribution in [0.3, 0.4) is 0 Å². The fourth-order valence-corrected chi connectivity index (χ4v) is 2.67. The molecular weight excluding hydrogens is 316 g/mol. The van der Waals surface area contributed by atoms with Gasteiger partial charge in [0.05, 0.1) is 0 Å². The molecule has 0 fully saturated rings. The van der Waals surface area contributed by atoms with Gasteiger partial charge in [-0.05, 0) is 53.9 Å². The van der Waals surface area contributed by atoms with Crippen molar-refractivity contribution in [2.24, 2.45) is 0 Å². The largest absolute Gasteiger partial charge is 0.361 e. The summed E-state index contributed by atoms with van der Waals surface area (Å²) in [5.74, 6) is 6.28. The van der Waals surface area contributed by atoms with Gasteiger partial charge in [-0.15, -0.1) is 0 Å². The van der Waals surface area contributed by atoms with Crippen LogP contribution in [0.25, 0.3) is 22.0 Å². The molecule has 114 valence electrons. The lowest BCUT2D eigenvalue weighted by Gasteiger charge is -2.01. The van der Waals surface area contributed by atoms with Gasteiger partial charge in [-0.25, -0.2) is 4.98 Å². The fraction of sp³-hybridized carbons (Fsp3) is 0. The summed E-state index contributed by atoms with van der Waals surface area (Å²) in [5, 5.41) is 1.89. The van der Waals surface area contributed by atoms with Crippen molar-refractivity contribution in [1.29, 1.82) is 0 Å². The van der Waals surface area contributed by atoms with Crippen molar-refractivity contribution in [1.82, 2.24) is 9.97 Å². The predicted octanol–water partition coefficient (Wildman–Crippen LogP) is 5.28. The molecule has 3 heteroatoms. The average molecular weight is 329 g/mol. The number of nitrogens with one attached hydrogen (secondary N) is 1. The summed E-state index contributed by atoms with van der Waals surface area (Å²) in [5.41, 5.74) is 4.98. The maximum Gasteiger partial charge on any atom is 0.113 e. The molecule has 0 spiro atoms. The number of pyridine rings is 1. The van der Waals surface area contributed by atoms with Crippen LogP contribution in [0.4, 0.5) is 0 Å². The van der Waals surface area contributed by atoms with E-state index in [0.29, 0.717) is 0 Å². The van der Waals surface area contributed by atoms with Gasteiger partial charge in [0, 0.05) is 39.4 Å². The zero-order valence-corrected chi connectivity index (χ0v) is 13.5. The molecule has 0 saturated heterocycles. The van der Waals surface area contributed by atoms with Gasteiger partial charge in [-0.2, -0.15) is 0 Å². The number of hydrogen-bond acceptors (Lipinski definition) is 1. The molecule has 0 saturated carbocycles. The van der Waals surface area contributed by atoms with E-state index in [1.54, 1.807) is 0 Å². The van der Waals surface area contributed by atoms with Crippen molar-refractivity contribution in [2.45, 2.75) is 0 Å². The monoisotopic (exact) mass is 328 g/mol. The van der Waals surface area contributed by atoms with E-state index in [1.807, 2.05) is 67.0 Å². The Kier molecular flexibility index (Phi) is 3.78. The fourth-order valence-electron chi connectivity index (χ4n) is 2.55. The van der Waals surface area contributed by atoms with Crippen molar-refractivity contribution >= 4 is 22.5 Å². The minimum atomic E-state index is 0.730. The van der Waals surface area contributed by atoms with E-state index >= 15 is 0 Å². The summed E-state index contributed by atoms with van der Waals surface area (Å²) in [6.45, 7) is 0. The highest BCUT2D eigenvalue weighted by molar-refractivity contribution is 6.30. The molecule has 24 heavy (non-hydrogen) atoms. The van der Waals surface area contributed by atoms with Gasteiger partial charge in [0.1, 0.15) is 5.69 Å². The molecule has 0 aliphatic heterocycles. The molecule has 0 atom stereocenters. The number of rotatable bonds is 1. The molecule has 0 amide bonds. The van der Waals surface area contributed by atoms with Crippen molar-refractivity contribution in [3.63, 3.8) is 0 Å². The van der Waals surface area contributed by atoms with Gasteiger partial charge < -0.3 is 4.98 Å². The van der Waals surface area contributed by atoms with Crippen molar-refractivity contribution in [3.05, 3.63) is 89.3 Å². The Morgan fingerprint density at radius 3 is 2.46 bits per heavy atom. The Hall–Kier alpha value is -3.02. The quantitative estimate of drug-likeness (QED) is 0.473. The summed E-state index contributed by atoms with van der Waals surface area (Å²) in [7, 11) is 0. The maximum absolute atomic E-state index is 5.92. The molecule has 0 aliphatic rings. The van der Waals surface area contributed by atoms with Crippen LogP contribution in [-0.2, 0) is 0 Å². The first-order chi connectivity index (χ1) is 11.8. The topological polar surface area (TPSA) is 28.7 Å². The van der Waals surface area contributed by atoms with Gasteiger partial charge >= 0.3 is 0 Å². The summed E-state index contributed by atoms with van der Waals surface area (Å²) in [6, 6.07) is 19.8. The minimum absolute atomic E-state index is 0.730. The van der Waals surface area contributed by atoms with Gasteiger partial charge in [0.15, 0.2) is 0 Å². The Bertz CT molecular complexity index is 1050. The average Bonchev–Trinajstić information content (AvgIpc) is 3.09. The van der Waals surface area contributed by atoms with Gasteiger partial charge in [0.2, 0.25) is 0 Å². The number of hydrogen-bond donors (Lipinski definition) is 1. The van der Waals surface area contributed by atoms with E-state index in [0.717, 1.165) is 38.3 Å². The molecule has 2 nitrogen and oxygen atoms in total. The van der Waals surface area contributed by atoms with Crippen molar-refractivity contribution < 1.29 is 0 Å². The molecule has 1 N–H and O–H groups in total. The van der Waals surface area contributed by atoms with E-state index in [-0.39, 0.29) is 0 Å². The van der Waals surface area contributed by atoms with E-state index in [9.17, 15) is 0 Å². The van der Waals surface area contributed by atoms with Gasteiger partial charge in [-0.3, -0.25) is 0 Å². The van der Waals surface area contributed by atoms with Crippen LogP contribution in [0.5, 0.6) is 0 Å². The van der Waals surface area contributed by atoms with Crippen molar-refractivity contribution in [2.75, 3.05) is 0 Å². The molecule has 4 rings (SSSR count). The van der Waals surface area contributed by atoms with Crippen LogP contribution in [0.1, 0.15) is 11.3 Å². The second-order valence-corrected chi connectivity index (χ2v) is 5.91. The SMILES string of the molecule is Clc1ccc(-c2ccc(C#Cc3ccc4[nH]ccc4c3)nc2)cc1. The third kappa shape index (κ3) is 3.03. The molecular formula is C21H13ClN2. The highest BCUT2D eigenvalue weighted by atomic mass is 35.5. The zero-order valence-electron chi connectivity index (χ0n) is 12.8. The smallest absolute Gasteiger partial charge is 0.113 e. The predicted molar refractivity (Wildman–Crippen MR) is 99.0 cm³/mol. The summed E-state index contributed by atoms with van der Waals surface area (Å²) in [6.07, 6.45) is 3.77. The van der Waals surface area contributed by atoms with E-state index in [2.05, 4.69) is 27.9 Å². The van der Waals surface area contributed by atoms with Gasteiger partial charge in [-0.1, -0.05) is 35.7 Å². The summed E-state index contributed by atoms with van der Waals surface area (Å²) in [4.78, 5) is 7.61. The summed E-state index contributed by atoms with van der Waals surface area (Å²) < 4.78 is 0. The number of H-pyrrole nitrogens is 1. The highest BCUT2D eigenvalue weighted by Gasteiger charge is 1.99. The number of halogens is 1. The number of nitrogens with zero attached hydrogens (tertiary/aromatic N) is 1. The Morgan fingerprint density at radius 1 is 0.833 bits per heavy atom. The maximum atomic E-state index is 5.92. The molecule has 0 unspecified atom stereocenters. The number of benzene rings is 2. The Labute approximate surface area is 145 Å². The Morgan fingerprint density at radius 2 is 1.67 bits per heavy atom. The minimum Gasteiger partial charge on any atom is -0.361 e. The van der Waals surface area contributed by atoms with Crippen LogP contribution in [0.15, 0.2) is 73.1 Å². The molecule has 0 aliphatic carbocycles. The zero-order chi connectivity index (χ0) is 16.4. The first-order valence-corrected chi connectivity index (χ1v) is 7.97. The third-order valence-corrected chi connectivity index (χ3v) is 4.08. The number of aromatic nitrogens is 2. The Balaban J connectivity index is 1.58. The molecule has 2 aromatic carbocycles.